The highest BCUT2D eigenvalue weighted by atomic mass is 16.6. The summed E-state index contributed by atoms with van der Waals surface area (Å²) in [6.45, 7) is 1.55. The molecule has 0 saturated carbocycles. The van der Waals surface area contributed by atoms with Gasteiger partial charge in [0.2, 0.25) is 0 Å². The maximum absolute atomic E-state index is 10.3. The molecule has 0 unspecified atom stereocenters. The van der Waals surface area contributed by atoms with Gasteiger partial charge in [-0.2, -0.15) is 0 Å². The van der Waals surface area contributed by atoms with Crippen molar-refractivity contribution in [1.29, 1.82) is 0 Å². The predicted octanol–water partition coefficient (Wildman–Crippen LogP) is 1.22. The highest BCUT2D eigenvalue weighted by molar-refractivity contribution is 5.38. The quantitative estimate of drug-likeness (QED) is 0.401. The number of hydrogen-bond donors (Lipinski definition) is 0. The van der Waals surface area contributed by atoms with Gasteiger partial charge in [-0.3, -0.25) is 10.1 Å². The number of nitrogens with zero attached hydrogens (tertiary/aromatic N) is 1. The van der Waals surface area contributed by atoms with Crippen molar-refractivity contribution in [2.24, 2.45) is 0 Å². The number of carbonyl (C=O) groups excluding carboxylic acids is 1. The average molecular weight is 194 g/mol. The van der Waals surface area contributed by atoms with Gasteiger partial charge in [0.05, 0.1) is 11.5 Å². The number of nitro groups is 1. The Kier molecular flexibility index (Phi) is 3.60. The minimum Gasteiger partial charge on any atom is -0.457 e. The normalized spacial score (nSPS) is 9.43. The van der Waals surface area contributed by atoms with E-state index in [1.165, 1.54) is 18.6 Å². The van der Waals surface area contributed by atoms with Gasteiger partial charge in [0.15, 0.2) is 0 Å². The van der Waals surface area contributed by atoms with Crippen molar-refractivity contribution in [2.45, 2.75) is 6.42 Å². The average Bonchev–Trinajstić information content (AvgIpc) is 2.19. The maximum Gasteiger partial charge on any atom is 0.417 e. The highest BCUT2D eigenvalue weighted by Gasteiger charge is 2.03. The second kappa shape index (κ2) is 4.96. The molecule has 0 aliphatic heterocycles. The minimum absolute atomic E-state index is 0.0524. The first kappa shape index (κ1) is 10.2. The van der Waals surface area contributed by atoms with Gasteiger partial charge in [-0.15, -0.1) is 0 Å². The Bertz CT molecular complexity index is 320. The molecule has 0 aliphatic carbocycles. The van der Waals surface area contributed by atoms with Crippen LogP contribution in [0.2, 0.25) is 0 Å². The second-order valence-electron chi connectivity index (χ2n) is 2.61. The van der Waals surface area contributed by atoms with Gasteiger partial charge in [0.1, 0.15) is 0 Å². The Morgan fingerprint density at radius 3 is 2.50 bits per heavy atom. The smallest absolute Gasteiger partial charge is 0.417 e. The van der Waals surface area contributed by atoms with Crippen LogP contribution in [0.5, 0.6) is 0 Å². The monoisotopic (exact) mass is 194 g/mol. The summed E-state index contributed by atoms with van der Waals surface area (Å²) in [5.74, 6) is 0. The van der Waals surface area contributed by atoms with E-state index in [-0.39, 0.29) is 12.3 Å². The first-order valence-corrected chi connectivity index (χ1v) is 3.96. The van der Waals surface area contributed by atoms with Gasteiger partial charge in [-0.05, 0) is 5.56 Å². The summed E-state index contributed by atoms with van der Waals surface area (Å²) in [5, 5.41) is 10.3. The summed E-state index contributed by atoms with van der Waals surface area (Å²) in [6.07, 6.45) is 0.535. The standard InChI is InChI=1S/C9H8NO4/c11-7-14-6-5-8-1-3-9(4-2-8)10(12)13/h1-4H,5-6H2. The summed E-state index contributed by atoms with van der Waals surface area (Å²) in [5.41, 5.74) is 0.933. The van der Waals surface area contributed by atoms with E-state index in [1.807, 2.05) is 0 Å². The zero-order valence-electron chi connectivity index (χ0n) is 7.30. The number of hydrogen-bond acceptors (Lipinski definition) is 4. The fourth-order valence-corrected chi connectivity index (χ4v) is 0.995. The third-order valence-corrected chi connectivity index (χ3v) is 1.70. The Balaban J connectivity index is 2.55. The number of non-ortho nitro benzene ring substituents is 1. The van der Waals surface area contributed by atoms with Crippen molar-refractivity contribution in [2.75, 3.05) is 6.61 Å². The van der Waals surface area contributed by atoms with Crippen LogP contribution >= 0.6 is 0 Å². The molecule has 5 nitrogen and oxygen atoms in total. The number of ether oxygens (including phenoxy) is 1. The molecule has 5 heteroatoms. The lowest BCUT2D eigenvalue weighted by atomic mass is 10.1. The predicted molar refractivity (Wildman–Crippen MR) is 48.4 cm³/mol. The van der Waals surface area contributed by atoms with Crippen LogP contribution in [-0.2, 0) is 16.0 Å². The lowest BCUT2D eigenvalue weighted by Gasteiger charge is -1.98. The van der Waals surface area contributed by atoms with Crippen molar-refractivity contribution >= 4 is 12.2 Å². The van der Waals surface area contributed by atoms with Gasteiger partial charge in [0, 0.05) is 18.6 Å². The molecule has 1 aromatic carbocycles. The fraction of sp³-hybridized carbons (Fsp3) is 0.222. The Hall–Kier alpha value is -1.91. The minimum atomic E-state index is -0.459. The van der Waals surface area contributed by atoms with Crippen LogP contribution in [0.15, 0.2) is 24.3 Å². The largest absolute Gasteiger partial charge is 0.457 e. The molecule has 0 fully saturated rings. The molecule has 0 spiro atoms. The SMILES string of the molecule is O=[C]OCCc1ccc([N+](=O)[O-])cc1. The molecule has 1 aromatic rings. The summed E-state index contributed by atoms with van der Waals surface area (Å²) in [4.78, 5) is 19.5. The highest BCUT2D eigenvalue weighted by Crippen LogP contribution is 2.11. The van der Waals surface area contributed by atoms with Crippen LogP contribution in [-0.4, -0.2) is 18.0 Å². The molecule has 0 aliphatic rings. The second-order valence-corrected chi connectivity index (χ2v) is 2.61. The van der Waals surface area contributed by atoms with E-state index in [0.717, 1.165) is 5.56 Å². The molecule has 14 heavy (non-hydrogen) atoms. The molecular formula is C9H8NO4. The van der Waals surface area contributed by atoms with Crippen LogP contribution in [0.25, 0.3) is 0 Å². The molecule has 0 saturated heterocycles. The fourth-order valence-electron chi connectivity index (χ4n) is 0.995. The van der Waals surface area contributed by atoms with Crippen LogP contribution in [0.3, 0.4) is 0 Å². The van der Waals surface area contributed by atoms with Crippen LogP contribution in [0.1, 0.15) is 5.56 Å². The van der Waals surface area contributed by atoms with E-state index in [9.17, 15) is 14.9 Å². The first-order valence-electron chi connectivity index (χ1n) is 3.96. The third-order valence-electron chi connectivity index (χ3n) is 1.70. The number of benzene rings is 1. The first-order chi connectivity index (χ1) is 6.74. The zero-order valence-corrected chi connectivity index (χ0v) is 7.30. The van der Waals surface area contributed by atoms with E-state index in [2.05, 4.69) is 4.74 Å². The summed E-state index contributed by atoms with van der Waals surface area (Å²) in [6, 6.07) is 6.10. The van der Waals surface area contributed by atoms with Crippen LogP contribution in [0, 0.1) is 10.1 Å². The topological polar surface area (TPSA) is 69.4 Å². The summed E-state index contributed by atoms with van der Waals surface area (Å²) < 4.78 is 4.38. The maximum atomic E-state index is 10.3. The molecule has 0 amide bonds. The van der Waals surface area contributed by atoms with E-state index in [1.54, 1.807) is 12.1 Å². The van der Waals surface area contributed by atoms with Crippen molar-refractivity contribution < 1.29 is 14.5 Å². The van der Waals surface area contributed by atoms with Crippen LogP contribution in [0.4, 0.5) is 5.69 Å². The van der Waals surface area contributed by atoms with E-state index in [0.29, 0.717) is 6.42 Å². The summed E-state index contributed by atoms with van der Waals surface area (Å²) in [7, 11) is 0. The third kappa shape index (κ3) is 2.85. The van der Waals surface area contributed by atoms with E-state index < -0.39 is 4.92 Å². The molecule has 73 valence electrons. The van der Waals surface area contributed by atoms with Gasteiger partial charge in [0.25, 0.3) is 5.69 Å². The Morgan fingerprint density at radius 1 is 1.36 bits per heavy atom. The lowest BCUT2D eigenvalue weighted by molar-refractivity contribution is -0.384. The lowest BCUT2D eigenvalue weighted by Crippen LogP contribution is -1.96. The van der Waals surface area contributed by atoms with E-state index >= 15 is 0 Å². The number of nitro benzene ring substituents is 1. The van der Waals surface area contributed by atoms with Gasteiger partial charge >= 0.3 is 6.47 Å². The number of rotatable bonds is 5. The molecule has 1 rings (SSSR count). The van der Waals surface area contributed by atoms with Crippen molar-refractivity contribution in [3.05, 3.63) is 39.9 Å². The Labute approximate surface area is 80.5 Å². The molecule has 0 N–H and O–H groups in total. The zero-order chi connectivity index (χ0) is 10.4. The Morgan fingerprint density at radius 2 is 2.00 bits per heavy atom. The van der Waals surface area contributed by atoms with Crippen molar-refractivity contribution in [3.8, 4) is 0 Å². The molecule has 1 radical (unpaired) electrons. The van der Waals surface area contributed by atoms with Crippen molar-refractivity contribution in [1.82, 2.24) is 0 Å². The van der Waals surface area contributed by atoms with E-state index in [4.69, 9.17) is 0 Å². The molecule has 0 heterocycles. The summed E-state index contributed by atoms with van der Waals surface area (Å²) >= 11 is 0. The van der Waals surface area contributed by atoms with Gasteiger partial charge in [-0.1, -0.05) is 12.1 Å². The molecule has 0 atom stereocenters. The molecule has 0 aromatic heterocycles. The van der Waals surface area contributed by atoms with Crippen LogP contribution < -0.4 is 0 Å². The van der Waals surface area contributed by atoms with Crippen molar-refractivity contribution in [3.63, 3.8) is 0 Å². The van der Waals surface area contributed by atoms with Gasteiger partial charge < -0.3 is 4.74 Å². The molecular weight excluding hydrogens is 186 g/mol. The van der Waals surface area contributed by atoms with Gasteiger partial charge in [-0.25, -0.2) is 4.79 Å². The molecule has 0 bridgehead atoms.